The third-order valence-corrected chi connectivity index (χ3v) is 5.00. The van der Waals surface area contributed by atoms with E-state index in [1.54, 1.807) is 0 Å². The highest BCUT2D eigenvalue weighted by Gasteiger charge is 2.16. The fourth-order valence-electron chi connectivity index (χ4n) is 2.79. The topological polar surface area (TPSA) is 26.0 Å². The van der Waals surface area contributed by atoms with Crippen molar-refractivity contribution in [1.29, 1.82) is 0 Å². The summed E-state index contributed by atoms with van der Waals surface area (Å²) in [6.45, 7) is 2.17. The highest BCUT2D eigenvalue weighted by Crippen LogP contribution is 2.31. The first kappa shape index (κ1) is 12.1. The quantitative estimate of drug-likeness (QED) is 0.824. The molecule has 0 aliphatic heterocycles. The molecular weight excluding hydrogens is 214 g/mol. The van der Waals surface area contributed by atoms with Gasteiger partial charge in [-0.2, -0.15) is 0 Å². The van der Waals surface area contributed by atoms with Crippen molar-refractivity contribution in [2.24, 2.45) is 11.7 Å². The average Bonchev–Trinajstić information content (AvgIpc) is 2.74. The first-order chi connectivity index (χ1) is 7.77. The van der Waals surface area contributed by atoms with Crippen molar-refractivity contribution in [2.45, 2.75) is 57.9 Å². The number of nitrogens with two attached hydrogens (primary N) is 1. The summed E-state index contributed by atoms with van der Waals surface area (Å²) >= 11 is 1.82. The number of aryl methyl sites for hydroxylation is 1. The third kappa shape index (κ3) is 3.08. The highest BCUT2D eigenvalue weighted by molar-refractivity contribution is 7.10. The molecular formula is C14H23NS. The van der Waals surface area contributed by atoms with E-state index in [1.165, 1.54) is 55.4 Å². The molecule has 0 spiro atoms. The molecule has 1 aliphatic carbocycles. The fraction of sp³-hybridized carbons (Fsp3) is 0.714. The lowest BCUT2D eigenvalue weighted by molar-refractivity contribution is 0.324. The number of thiophene rings is 1. The van der Waals surface area contributed by atoms with Crippen molar-refractivity contribution in [3.05, 3.63) is 21.9 Å². The van der Waals surface area contributed by atoms with Gasteiger partial charge in [0.1, 0.15) is 0 Å². The van der Waals surface area contributed by atoms with Crippen LogP contribution in [-0.2, 0) is 0 Å². The standard InChI is InChI=1S/C14H23NS/c1-11-9-10-16-14(11)13(15)8-7-12-5-3-2-4-6-12/h9-10,12-13H,2-8,15H2,1H3. The Hall–Kier alpha value is -0.340. The lowest BCUT2D eigenvalue weighted by Crippen LogP contribution is -2.13. The van der Waals surface area contributed by atoms with E-state index in [0.717, 1.165) is 5.92 Å². The van der Waals surface area contributed by atoms with Gasteiger partial charge in [0.05, 0.1) is 0 Å². The smallest absolute Gasteiger partial charge is 0.0392 e. The molecule has 2 heteroatoms. The molecule has 1 fully saturated rings. The zero-order chi connectivity index (χ0) is 11.4. The van der Waals surface area contributed by atoms with Gasteiger partial charge in [-0.3, -0.25) is 0 Å². The normalized spacial score (nSPS) is 19.9. The van der Waals surface area contributed by atoms with Crippen LogP contribution < -0.4 is 5.73 Å². The lowest BCUT2D eigenvalue weighted by atomic mass is 9.85. The maximum Gasteiger partial charge on any atom is 0.0392 e. The minimum absolute atomic E-state index is 0.280. The van der Waals surface area contributed by atoms with Crippen LogP contribution in [0.2, 0.25) is 0 Å². The van der Waals surface area contributed by atoms with Crippen LogP contribution in [0, 0.1) is 12.8 Å². The van der Waals surface area contributed by atoms with Gasteiger partial charge in [0.25, 0.3) is 0 Å². The van der Waals surface area contributed by atoms with Crippen molar-refractivity contribution in [3.8, 4) is 0 Å². The SMILES string of the molecule is Cc1ccsc1C(N)CCC1CCCCC1. The first-order valence-corrected chi connectivity index (χ1v) is 7.45. The van der Waals surface area contributed by atoms with E-state index < -0.39 is 0 Å². The molecule has 0 bridgehead atoms. The van der Waals surface area contributed by atoms with Crippen molar-refractivity contribution >= 4 is 11.3 Å². The molecule has 90 valence electrons. The van der Waals surface area contributed by atoms with Gasteiger partial charge in [-0.1, -0.05) is 32.1 Å². The summed E-state index contributed by atoms with van der Waals surface area (Å²) < 4.78 is 0. The van der Waals surface area contributed by atoms with Crippen molar-refractivity contribution < 1.29 is 0 Å². The van der Waals surface area contributed by atoms with Crippen LogP contribution in [0.25, 0.3) is 0 Å². The Morgan fingerprint density at radius 1 is 1.38 bits per heavy atom. The predicted molar refractivity (Wildman–Crippen MR) is 71.8 cm³/mol. The van der Waals surface area contributed by atoms with Crippen LogP contribution in [0.15, 0.2) is 11.4 Å². The molecule has 1 aliphatic rings. The van der Waals surface area contributed by atoms with Gasteiger partial charge in [0, 0.05) is 10.9 Å². The molecule has 2 rings (SSSR count). The molecule has 0 aromatic carbocycles. The van der Waals surface area contributed by atoms with Crippen LogP contribution in [0.1, 0.15) is 61.4 Å². The lowest BCUT2D eigenvalue weighted by Gasteiger charge is -2.22. The fourth-order valence-corrected chi connectivity index (χ4v) is 3.75. The Labute approximate surface area is 103 Å². The zero-order valence-electron chi connectivity index (χ0n) is 10.2. The Balaban J connectivity index is 1.79. The molecule has 0 saturated heterocycles. The predicted octanol–water partition coefficient (Wildman–Crippen LogP) is 4.42. The largest absolute Gasteiger partial charge is 0.323 e. The Morgan fingerprint density at radius 3 is 2.75 bits per heavy atom. The number of hydrogen-bond acceptors (Lipinski definition) is 2. The van der Waals surface area contributed by atoms with E-state index in [2.05, 4.69) is 18.4 Å². The molecule has 1 aromatic heterocycles. The summed E-state index contributed by atoms with van der Waals surface area (Å²) in [6.07, 6.45) is 9.72. The molecule has 1 aromatic rings. The minimum atomic E-state index is 0.280. The van der Waals surface area contributed by atoms with Crippen LogP contribution in [0.5, 0.6) is 0 Å². The van der Waals surface area contributed by atoms with Gasteiger partial charge in [0.2, 0.25) is 0 Å². The second-order valence-electron chi connectivity index (χ2n) is 5.16. The number of rotatable bonds is 4. The molecule has 1 atom stereocenters. The summed E-state index contributed by atoms with van der Waals surface area (Å²) in [5.74, 6) is 0.958. The van der Waals surface area contributed by atoms with E-state index in [4.69, 9.17) is 5.73 Å². The van der Waals surface area contributed by atoms with Gasteiger partial charge in [-0.05, 0) is 42.7 Å². The van der Waals surface area contributed by atoms with Crippen molar-refractivity contribution in [2.75, 3.05) is 0 Å². The summed E-state index contributed by atoms with van der Waals surface area (Å²) in [7, 11) is 0. The highest BCUT2D eigenvalue weighted by atomic mass is 32.1. The molecule has 1 nitrogen and oxygen atoms in total. The molecule has 1 saturated carbocycles. The molecule has 1 heterocycles. The minimum Gasteiger partial charge on any atom is -0.323 e. The summed E-state index contributed by atoms with van der Waals surface area (Å²) in [6, 6.07) is 2.46. The molecule has 2 N–H and O–H groups in total. The molecule has 0 amide bonds. The molecule has 16 heavy (non-hydrogen) atoms. The number of hydrogen-bond donors (Lipinski definition) is 1. The van der Waals surface area contributed by atoms with Crippen molar-refractivity contribution in [1.82, 2.24) is 0 Å². The average molecular weight is 237 g/mol. The molecule has 1 unspecified atom stereocenters. The van der Waals surface area contributed by atoms with Crippen molar-refractivity contribution in [3.63, 3.8) is 0 Å². The second-order valence-corrected chi connectivity index (χ2v) is 6.10. The molecule has 0 radical (unpaired) electrons. The van der Waals surface area contributed by atoms with Gasteiger partial charge in [0.15, 0.2) is 0 Å². The van der Waals surface area contributed by atoms with Gasteiger partial charge < -0.3 is 5.73 Å². The van der Waals surface area contributed by atoms with Crippen LogP contribution in [0.3, 0.4) is 0 Å². The maximum atomic E-state index is 6.27. The van der Waals surface area contributed by atoms with E-state index in [9.17, 15) is 0 Å². The van der Waals surface area contributed by atoms with Crippen LogP contribution in [-0.4, -0.2) is 0 Å². The maximum absolute atomic E-state index is 6.27. The summed E-state index contributed by atoms with van der Waals surface area (Å²) in [4.78, 5) is 1.40. The second kappa shape index (κ2) is 5.83. The zero-order valence-corrected chi connectivity index (χ0v) is 11.1. The Kier molecular flexibility index (Phi) is 4.42. The Bertz CT molecular complexity index is 312. The third-order valence-electron chi connectivity index (χ3n) is 3.85. The van der Waals surface area contributed by atoms with E-state index in [0.29, 0.717) is 0 Å². The van der Waals surface area contributed by atoms with E-state index in [-0.39, 0.29) is 6.04 Å². The first-order valence-electron chi connectivity index (χ1n) is 6.57. The summed E-state index contributed by atoms with van der Waals surface area (Å²) in [5, 5.41) is 2.16. The summed E-state index contributed by atoms with van der Waals surface area (Å²) in [5.41, 5.74) is 7.64. The van der Waals surface area contributed by atoms with Crippen LogP contribution in [0.4, 0.5) is 0 Å². The van der Waals surface area contributed by atoms with E-state index in [1.807, 2.05) is 11.3 Å². The van der Waals surface area contributed by atoms with Gasteiger partial charge >= 0.3 is 0 Å². The van der Waals surface area contributed by atoms with Gasteiger partial charge in [-0.25, -0.2) is 0 Å². The monoisotopic (exact) mass is 237 g/mol. The van der Waals surface area contributed by atoms with Crippen LogP contribution >= 0.6 is 11.3 Å². The van der Waals surface area contributed by atoms with Gasteiger partial charge in [-0.15, -0.1) is 11.3 Å². The Morgan fingerprint density at radius 2 is 2.12 bits per heavy atom. The van der Waals surface area contributed by atoms with E-state index >= 15 is 0 Å².